The molecule has 182 valence electrons. The molecule has 1 heterocycles. The first kappa shape index (κ1) is 29.1. The molecule has 0 atom stereocenters. The van der Waals surface area contributed by atoms with Crippen molar-refractivity contribution in [3.8, 4) is 0 Å². The second-order valence-corrected chi connectivity index (χ2v) is 10.4. The maximum absolute atomic E-state index is 12.4. The minimum absolute atomic E-state index is 0.113. The number of hydrogen-bond donors (Lipinski definition) is 2. The molecule has 1 aliphatic heterocycles. The zero-order valence-electron chi connectivity index (χ0n) is 20.3. The fourth-order valence-electron chi connectivity index (χ4n) is 2.75. The number of likely N-dealkylation sites (N-methyl/N-ethyl adjacent to an activating group) is 1. The molecule has 0 radical (unpaired) electrons. The molecule has 0 spiro atoms. The molecule has 1 fully saturated rings. The smallest absolute Gasteiger partial charge is 0.423 e. The van der Waals surface area contributed by atoms with E-state index < -0.39 is 24.5 Å². The van der Waals surface area contributed by atoms with Gasteiger partial charge in [0.15, 0.2) is 0 Å². The average molecular weight is 472 g/mol. The maximum atomic E-state index is 12.4. The first-order valence-electron chi connectivity index (χ1n) is 10.9. The van der Waals surface area contributed by atoms with Crippen molar-refractivity contribution >= 4 is 29.9 Å². The van der Waals surface area contributed by atoms with Gasteiger partial charge in [-0.1, -0.05) is 12.1 Å². The van der Waals surface area contributed by atoms with Crippen LogP contribution in [0.1, 0.15) is 41.5 Å². The van der Waals surface area contributed by atoms with Gasteiger partial charge in [-0.05, 0) is 66.2 Å². The van der Waals surface area contributed by atoms with Crippen LogP contribution >= 0.6 is 0 Å². The van der Waals surface area contributed by atoms with Crippen LogP contribution in [0.25, 0.3) is 0 Å². The van der Waals surface area contributed by atoms with Crippen LogP contribution in [0.4, 0.5) is 0 Å². The molecule has 0 unspecified atom stereocenters. The molecule has 1 aromatic rings. The number of sulfonamides is 1. The maximum Gasteiger partial charge on any atom is 0.639 e. The summed E-state index contributed by atoms with van der Waals surface area (Å²) < 4.78 is 42.5. The molecule has 0 saturated carbocycles. The predicted molar refractivity (Wildman–Crippen MR) is 127 cm³/mol. The molecule has 2 N–H and O–H groups in total. The third kappa shape index (κ3) is 10.3. The van der Waals surface area contributed by atoms with Crippen molar-refractivity contribution in [1.29, 1.82) is 0 Å². The van der Waals surface area contributed by atoms with Gasteiger partial charge in [0.05, 0.1) is 4.90 Å². The SMILES string of the molecule is CC(C)OB(OC(C)C)OC(C)C.CN1CCN(S(=O)(=O)c2ccc(B(O)O)cc2)CC1. The van der Waals surface area contributed by atoms with Gasteiger partial charge < -0.3 is 28.9 Å². The molecule has 0 aromatic heterocycles. The molecule has 9 nitrogen and oxygen atoms in total. The lowest BCUT2D eigenvalue weighted by Gasteiger charge is -2.31. The van der Waals surface area contributed by atoms with E-state index in [0.717, 1.165) is 0 Å². The molecule has 2 rings (SSSR count). The summed E-state index contributed by atoms with van der Waals surface area (Å²) in [5, 5.41) is 18.0. The summed E-state index contributed by atoms with van der Waals surface area (Å²) in [6.07, 6.45) is 0.340. The zero-order valence-corrected chi connectivity index (χ0v) is 21.1. The van der Waals surface area contributed by atoms with Crippen LogP contribution in [-0.4, -0.2) is 93.6 Å². The second kappa shape index (κ2) is 13.7. The standard InChI is InChI=1S/C11H17BN2O4S.C9H21BO3/c1-13-6-8-14(9-7-13)19(17,18)11-4-2-10(3-5-11)12(15)16;1-7(2)11-10(12-8(3)4)13-9(5)6/h2-5,15-16H,6-9H2,1H3;7-9H,1-6H3. The Morgan fingerprint density at radius 3 is 1.56 bits per heavy atom. The Labute approximate surface area is 194 Å². The van der Waals surface area contributed by atoms with Gasteiger partial charge in [0.2, 0.25) is 10.0 Å². The molecule has 1 aliphatic rings. The van der Waals surface area contributed by atoms with Crippen molar-refractivity contribution in [3.63, 3.8) is 0 Å². The van der Waals surface area contributed by atoms with E-state index in [1.807, 2.05) is 48.6 Å². The molecule has 1 saturated heterocycles. The summed E-state index contributed by atoms with van der Waals surface area (Å²) in [6, 6.07) is 5.63. The summed E-state index contributed by atoms with van der Waals surface area (Å²) in [5.41, 5.74) is 0.275. The number of piperazine rings is 1. The lowest BCUT2D eigenvalue weighted by atomic mass is 9.81. The van der Waals surface area contributed by atoms with Crippen LogP contribution in [0.2, 0.25) is 0 Å². The normalized spacial score (nSPS) is 15.8. The number of benzene rings is 1. The topological polar surface area (TPSA) is 109 Å². The summed E-state index contributed by atoms with van der Waals surface area (Å²) in [7, 11) is -3.65. The molecule has 0 amide bonds. The molecule has 12 heteroatoms. The Bertz CT molecular complexity index is 730. The lowest BCUT2D eigenvalue weighted by Crippen LogP contribution is -2.47. The lowest BCUT2D eigenvalue weighted by molar-refractivity contribution is 0.0335. The van der Waals surface area contributed by atoms with E-state index in [2.05, 4.69) is 4.90 Å². The minimum Gasteiger partial charge on any atom is -0.423 e. The van der Waals surface area contributed by atoms with Crippen LogP contribution in [0.3, 0.4) is 0 Å². The second-order valence-electron chi connectivity index (χ2n) is 8.49. The van der Waals surface area contributed by atoms with E-state index in [1.165, 1.54) is 28.6 Å². The summed E-state index contributed by atoms with van der Waals surface area (Å²) in [5.74, 6) is 0. The van der Waals surface area contributed by atoms with E-state index in [-0.39, 0.29) is 28.7 Å². The Kier molecular flexibility index (Phi) is 12.4. The van der Waals surface area contributed by atoms with Crippen molar-refractivity contribution in [2.24, 2.45) is 0 Å². The molecule has 0 bridgehead atoms. The van der Waals surface area contributed by atoms with Crippen molar-refractivity contribution in [3.05, 3.63) is 24.3 Å². The fourth-order valence-corrected chi connectivity index (χ4v) is 4.17. The third-order valence-electron chi connectivity index (χ3n) is 4.43. The Hall–Kier alpha value is -0.980. The van der Waals surface area contributed by atoms with Gasteiger partial charge in [-0.3, -0.25) is 0 Å². The number of nitrogens with zero attached hydrogens (tertiary/aromatic N) is 2. The van der Waals surface area contributed by atoms with Crippen LogP contribution in [-0.2, 0) is 24.0 Å². The molecular weight excluding hydrogens is 434 g/mol. The molecule has 32 heavy (non-hydrogen) atoms. The van der Waals surface area contributed by atoms with Crippen molar-refractivity contribution < 1.29 is 32.4 Å². The van der Waals surface area contributed by atoms with Crippen molar-refractivity contribution in [1.82, 2.24) is 9.21 Å². The fraction of sp³-hybridized carbons (Fsp3) is 0.700. The van der Waals surface area contributed by atoms with Gasteiger partial charge in [-0.25, -0.2) is 8.42 Å². The van der Waals surface area contributed by atoms with Gasteiger partial charge in [0.1, 0.15) is 0 Å². The summed E-state index contributed by atoms with van der Waals surface area (Å²) in [4.78, 5) is 2.26. The van der Waals surface area contributed by atoms with E-state index in [1.54, 1.807) is 0 Å². The number of hydrogen-bond acceptors (Lipinski definition) is 8. The highest BCUT2D eigenvalue weighted by Gasteiger charge is 2.28. The van der Waals surface area contributed by atoms with Crippen molar-refractivity contribution in [2.45, 2.75) is 64.7 Å². The Morgan fingerprint density at radius 1 is 0.812 bits per heavy atom. The van der Waals surface area contributed by atoms with E-state index in [0.29, 0.717) is 26.2 Å². The quantitative estimate of drug-likeness (QED) is 0.502. The molecule has 1 aromatic carbocycles. The van der Waals surface area contributed by atoms with Gasteiger partial charge in [-0.2, -0.15) is 4.31 Å². The van der Waals surface area contributed by atoms with Crippen LogP contribution in [0.15, 0.2) is 29.2 Å². The average Bonchev–Trinajstić information content (AvgIpc) is 2.67. The molecular formula is C20H38B2N2O7S. The highest BCUT2D eigenvalue weighted by molar-refractivity contribution is 7.89. The van der Waals surface area contributed by atoms with E-state index >= 15 is 0 Å². The first-order valence-corrected chi connectivity index (χ1v) is 12.4. The van der Waals surface area contributed by atoms with Gasteiger partial charge in [0, 0.05) is 44.5 Å². The Morgan fingerprint density at radius 2 is 1.22 bits per heavy atom. The highest BCUT2D eigenvalue weighted by atomic mass is 32.2. The highest BCUT2D eigenvalue weighted by Crippen LogP contribution is 2.16. The zero-order chi connectivity index (χ0) is 24.5. The first-order chi connectivity index (χ1) is 14.8. The third-order valence-corrected chi connectivity index (χ3v) is 6.34. The predicted octanol–water partition coefficient (Wildman–Crippen LogP) is 0.549. The van der Waals surface area contributed by atoms with Gasteiger partial charge in [0.25, 0.3) is 0 Å². The van der Waals surface area contributed by atoms with E-state index in [4.69, 9.17) is 24.0 Å². The summed E-state index contributed by atoms with van der Waals surface area (Å²) >= 11 is 0. The largest absolute Gasteiger partial charge is 0.639 e. The molecule has 0 aliphatic carbocycles. The van der Waals surface area contributed by atoms with Crippen LogP contribution < -0.4 is 5.46 Å². The minimum atomic E-state index is -3.48. The summed E-state index contributed by atoms with van der Waals surface area (Å²) in [6.45, 7) is 14.1. The van der Waals surface area contributed by atoms with Gasteiger partial charge in [-0.15, -0.1) is 0 Å². The number of rotatable bonds is 9. The van der Waals surface area contributed by atoms with Gasteiger partial charge >= 0.3 is 14.4 Å². The Balaban J connectivity index is 0.000000347. The van der Waals surface area contributed by atoms with Crippen LogP contribution in [0.5, 0.6) is 0 Å². The van der Waals surface area contributed by atoms with Crippen molar-refractivity contribution in [2.75, 3.05) is 33.2 Å². The van der Waals surface area contributed by atoms with Crippen LogP contribution in [0, 0.1) is 0 Å². The monoisotopic (exact) mass is 472 g/mol. The van der Waals surface area contributed by atoms with E-state index in [9.17, 15) is 8.42 Å².